The number of allylic oxidation sites excluding steroid dienone is 1. The van der Waals surface area contributed by atoms with E-state index in [1.54, 1.807) is 0 Å². The lowest BCUT2D eigenvalue weighted by atomic mass is 9.95. The first-order valence-corrected chi connectivity index (χ1v) is 6.08. The van der Waals surface area contributed by atoms with E-state index in [2.05, 4.69) is 51.6 Å². The topological polar surface area (TPSA) is 26.0 Å². The van der Waals surface area contributed by atoms with Crippen molar-refractivity contribution >= 4 is 5.57 Å². The smallest absolute Gasteiger partial charge is 0.0292 e. The van der Waals surface area contributed by atoms with Crippen molar-refractivity contribution in [3.05, 3.63) is 42.0 Å². The minimum Gasteiger partial charge on any atom is -0.324 e. The van der Waals surface area contributed by atoms with Crippen molar-refractivity contribution in [3.8, 4) is 0 Å². The van der Waals surface area contributed by atoms with E-state index in [-0.39, 0.29) is 6.04 Å². The van der Waals surface area contributed by atoms with E-state index in [0.717, 1.165) is 12.8 Å². The van der Waals surface area contributed by atoms with Crippen molar-refractivity contribution in [3.63, 3.8) is 0 Å². The Labute approximate surface area is 99.4 Å². The molecule has 0 aliphatic carbocycles. The summed E-state index contributed by atoms with van der Waals surface area (Å²) in [4.78, 5) is 0. The van der Waals surface area contributed by atoms with Crippen molar-refractivity contribution in [1.29, 1.82) is 0 Å². The molecule has 1 unspecified atom stereocenters. The van der Waals surface area contributed by atoms with Gasteiger partial charge in [-0.05, 0) is 41.5 Å². The van der Waals surface area contributed by atoms with Crippen LogP contribution in [-0.4, -0.2) is 0 Å². The van der Waals surface area contributed by atoms with Crippen LogP contribution in [0.5, 0.6) is 0 Å². The van der Waals surface area contributed by atoms with Gasteiger partial charge in [-0.25, -0.2) is 0 Å². The molecular weight excluding hydrogens is 194 g/mol. The van der Waals surface area contributed by atoms with E-state index >= 15 is 0 Å². The Bertz CT molecular complexity index is 352. The number of benzene rings is 1. The molecule has 2 N–H and O–H groups in total. The third kappa shape index (κ3) is 3.49. The van der Waals surface area contributed by atoms with Crippen LogP contribution in [0.1, 0.15) is 50.8 Å². The van der Waals surface area contributed by atoms with Crippen molar-refractivity contribution in [1.82, 2.24) is 0 Å². The molecule has 1 heteroatoms. The molecule has 1 atom stereocenters. The summed E-state index contributed by atoms with van der Waals surface area (Å²) in [5.41, 5.74) is 9.69. The second-order valence-electron chi connectivity index (χ2n) is 4.84. The van der Waals surface area contributed by atoms with Gasteiger partial charge in [0.1, 0.15) is 0 Å². The van der Waals surface area contributed by atoms with Crippen LogP contribution in [0.15, 0.2) is 30.8 Å². The molecule has 1 nitrogen and oxygen atoms in total. The quantitative estimate of drug-likeness (QED) is 0.787. The number of nitrogens with two attached hydrogens (primary N) is 1. The van der Waals surface area contributed by atoms with Crippen molar-refractivity contribution in [2.75, 3.05) is 0 Å². The molecule has 0 spiro atoms. The second kappa shape index (κ2) is 5.86. The predicted octanol–water partition coefficient (Wildman–Crippen LogP) is 4.16. The van der Waals surface area contributed by atoms with Crippen LogP contribution in [-0.2, 0) is 0 Å². The minimum absolute atomic E-state index is 0.145. The molecule has 0 aliphatic heterocycles. The lowest BCUT2D eigenvalue weighted by Crippen LogP contribution is -2.08. The van der Waals surface area contributed by atoms with E-state index in [1.165, 1.54) is 16.7 Å². The van der Waals surface area contributed by atoms with Gasteiger partial charge in [0.05, 0.1) is 0 Å². The Morgan fingerprint density at radius 3 is 2.62 bits per heavy atom. The largest absolute Gasteiger partial charge is 0.324 e. The van der Waals surface area contributed by atoms with Gasteiger partial charge in [0, 0.05) is 6.04 Å². The maximum atomic E-state index is 6.03. The molecule has 0 aliphatic rings. The lowest BCUT2D eigenvalue weighted by Gasteiger charge is -2.13. The summed E-state index contributed by atoms with van der Waals surface area (Å²) in [6.07, 6.45) is 2.02. The van der Waals surface area contributed by atoms with Gasteiger partial charge in [-0.1, -0.05) is 45.5 Å². The Balaban J connectivity index is 2.85. The van der Waals surface area contributed by atoms with Gasteiger partial charge >= 0.3 is 0 Å². The first-order chi connectivity index (χ1) is 7.54. The summed E-state index contributed by atoms with van der Waals surface area (Å²) < 4.78 is 0. The summed E-state index contributed by atoms with van der Waals surface area (Å²) in [6.45, 7) is 10.7. The van der Waals surface area contributed by atoms with Crippen LogP contribution in [0.2, 0.25) is 0 Å². The van der Waals surface area contributed by atoms with Crippen LogP contribution in [0.4, 0.5) is 0 Å². The molecule has 0 radical (unpaired) electrons. The fraction of sp³-hybridized carbons (Fsp3) is 0.467. The third-order valence-corrected chi connectivity index (χ3v) is 2.82. The summed E-state index contributed by atoms with van der Waals surface area (Å²) in [5, 5.41) is 0. The monoisotopic (exact) mass is 217 g/mol. The average molecular weight is 217 g/mol. The first-order valence-electron chi connectivity index (χ1n) is 6.08. The molecule has 0 aromatic heterocycles. The third-order valence-electron chi connectivity index (χ3n) is 2.82. The molecule has 1 rings (SSSR count). The average Bonchev–Trinajstić information content (AvgIpc) is 2.27. The zero-order valence-electron chi connectivity index (χ0n) is 10.7. The Kier molecular flexibility index (Phi) is 4.75. The van der Waals surface area contributed by atoms with Crippen LogP contribution in [0.3, 0.4) is 0 Å². The molecule has 88 valence electrons. The van der Waals surface area contributed by atoms with Gasteiger partial charge in [0.2, 0.25) is 0 Å². The van der Waals surface area contributed by atoms with Crippen LogP contribution >= 0.6 is 0 Å². The molecule has 1 aromatic carbocycles. The standard InChI is InChI=1S/C15H23N/c1-5-15(16)14-8-6-7-13(10-14)12(4)9-11(2)3/h6-8,10-11,15H,4-5,9,16H2,1-3H3. The Morgan fingerprint density at radius 1 is 1.38 bits per heavy atom. The first kappa shape index (κ1) is 13.0. The van der Waals surface area contributed by atoms with Gasteiger partial charge in [0.15, 0.2) is 0 Å². The summed E-state index contributed by atoms with van der Waals surface area (Å²) in [5.74, 6) is 0.649. The van der Waals surface area contributed by atoms with Gasteiger partial charge in [-0.2, -0.15) is 0 Å². The fourth-order valence-electron chi connectivity index (χ4n) is 1.84. The lowest BCUT2D eigenvalue weighted by molar-refractivity contribution is 0.673. The molecule has 0 heterocycles. The van der Waals surface area contributed by atoms with Gasteiger partial charge in [0.25, 0.3) is 0 Å². The van der Waals surface area contributed by atoms with E-state index in [4.69, 9.17) is 5.73 Å². The SMILES string of the molecule is C=C(CC(C)C)c1cccc(C(N)CC)c1. The number of rotatable bonds is 5. The highest BCUT2D eigenvalue weighted by molar-refractivity contribution is 5.64. The maximum Gasteiger partial charge on any atom is 0.0292 e. The van der Waals surface area contributed by atoms with E-state index in [1.807, 2.05) is 0 Å². The van der Waals surface area contributed by atoms with Gasteiger partial charge < -0.3 is 5.73 Å². The normalized spacial score (nSPS) is 12.8. The summed E-state index contributed by atoms with van der Waals surface area (Å²) >= 11 is 0. The predicted molar refractivity (Wildman–Crippen MR) is 72.2 cm³/mol. The van der Waals surface area contributed by atoms with E-state index in [9.17, 15) is 0 Å². The van der Waals surface area contributed by atoms with E-state index < -0.39 is 0 Å². The number of hydrogen-bond donors (Lipinski definition) is 1. The Morgan fingerprint density at radius 2 is 2.06 bits per heavy atom. The molecule has 0 saturated heterocycles. The summed E-state index contributed by atoms with van der Waals surface area (Å²) in [6, 6.07) is 8.62. The zero-order chi connectivity index (χ0) is 12.1. The maximum absolute atomic E-state index is 6.03. The molecule has 16 heavy (non-hydrogen) atoms. The second-order valence-corrected chi connectivity index (χ2v) is 4.84. The van der Waals surface area contributed by atoms with Crippen molar-refractivity contribution in [2.45, 2.75) is 39.7 Å². The minimum atomic E-state index is 0.145. The molecular formula is C15H23N. The fourth-order valence-corrected chi connectivity index (χ4v) is 1.84. The molecule has 0 fully saturated rings. The van der Waals surface area contributed by atoms with Crippen molar-refractivity contribution in [2.24, 2.45) is 11.7 Å². The van der Waals surface area contributed by atoms with Gasteiger partial charge in [-0.15, -0.1) is 0 Å². The highest BCUT2D eigenvalue weighted by Gasteiger charge is 2.06. The highest BCUT2D eigenvalue weighted by Crippen LogP contribution is 2.23. The van der Waals surface area contributed by atoms with E-state index in [0.29, 0.717) is 5.92 Å². The van der Waals surface area contributed by atoms with Crippen LogP contribution in [0, 0.1) is 5.92 Å². The zero-order valence-corrected chi connectivity index (χ0v) is 10.7. The molecule has 0 bridgehead atoms. The molecule has 1 aromatic rings. The van der Waals surface area contributed by atoms with Crippen LogP contribution in [0.25, 0.3) is 5.57 Å². The number of hydrogen-bond acceptors (Lipinski definition) is 1. The van der Waals surface area contributed by atoms with Crippen LogP contribution < -0.4 is 5.73 Å². The molecule has 0 saturated carbocycles. The molecule has 0 amide bonds. The summed E-state index contributed by atoms with van der Waals surface area (Å²) in [7, 11) is 0. The van der Waals surface area contributed by atoms with Crippen molar-refractivity contribution < 1.29 is 0 Å². The van der Waals surface area contributed by atoms with Gasteiger partial charge in [-0.3, -0.25) is 0 Å². The Hall–Kier alpha value is -1.08. The highest BCUT2D eigenvalue weighted by atomic mass is 14.6.